The third-order valence-electron chi connectivity index (χ3n) is 4.41. The fourth-order valence-corrected chi connectivity index (χ4v) is 3.47. The van der Waals surface area contributed by atoms with Crippen molar-refractivity contribution in [3.8, 4) is 0 Å². The zero-order chi connectivity index (χ0) is 10.8. The van der Waals surface area contributed by atoms with Crippen LogP contribution in [0.15, 0.2) is 30.3 Å². The molecule has 1 nitrogen and oxygen atoms in total. The van der Waals surface area contributed by atoms with Crippen LogP contribution in [0.2, 0.25) is 0 Å². The van der Waals surface area contributed by atoms with Crippen molar-refractivity contribution in [1.82, 2.24) is 0 Å². The molecule has 1 heteroatoms. The summed E-state index contributed by atoms with van der Waals surface area (Å²) < 4.78 is 0. The summed E-state index contributed by atoms with van der Waals surface area (Å²) in [6.07, 6.45) is 7.32. The number of piperidine rings is 1. The molecule has 0 bridgehead atoms. The summed E-state index contributed by atoms with van der Waals surface area (Å²) in [5.41, 5.74) is 1.42. The van der Waals surface area contributed by atoms with Crippen LogP contribution in [0.1, 0.15) is 32.1 Å². The molecule has 2 aliphatic rings. The van der Waals surface area contributed by atoms with Gasteiger partial charge < -0.3 is 4.90 Å². The van der Waals surface area contributed by atoms with E-state index >= 15 is 0 Å². The molecule has 1 aliphatic heterocycles. The minimum atomic E-state index is 0.975. The van der Waals surface area contributed by atoms with Gasteiger partial charge in [0.15, 0.2) is 0 Å². The van der Waals surface area contributed by atoms with Crippen LogP contribution >= 0.6 is 0 Å². The van der Waals surface area contributed by atoms with Crippen molar-refractivity contribution in [2.45, 2.75) is 32.1 Å². The van der Waals surface area contributed by atoms with E-state index in [1.165, 1.54) is 50.9 Å². The average Bonchev–Trinajstić information content (AvgIpc) is 2.39. The molecule has 16 heavy (non-hydrogen) atoms. The molecule has 2 atom stereocenters. The fourth-order valence-electron chi connectivity index (χ4n) is 3.47. The summed E-state index contributed by atoms with van der Waals surface area (Å²) in [6, 6.07) is 10.9. The Bertz CT molecular complexity index is 333. The first-order valence-corrected chi connectivity index (χ1v) is 6.73. The maximum atomic E-state index is 2.59. The van der Waals surface area contributed by atoms with E-state index in [4.69, 9.17) is 0 Å². The second-order valence-electron chi connectivity index (χ2n) is 5.37. The number of benzene rings is 1. The van der Waals surface area contributed by atoms with Crippen LogP contribution in [-0.4, -0.2) is 13.1 Å². The van der Waals surface area contributed by atoms with Crippen molar-refractivity contribution in [2.24, 2.45) is 11.8 Å². The second-order valence-corrected chi connectivity index (χ2v) is 5.37. The summed E-state index contributed by atoms with van der Waals surface area (Å²) >= 11 is 0. The van der Waals surface area contributed by atoms with Gasteiger partial charge in [-0.15, -0.1) is 0 Å². The van der Waals surface area contributed by atoms with Crippen molar-refractivity contribution in [3.05, 3.63) is 30.3 Å². The van der Waals surface area contributed by atoms with Gasteiger partial charge in [0.25, 0.3) is 0 Å². The summed E-state index contributed by atoms with van der Waals surface area (Å²) in [4.78, 5) is 2.59. The molecule has 1 saturated carbocycles. The lowest BCUT2D eigenvalue weighted by Crippen LogP contribution is -2.41. The van der Waals surface area contributed by atoms with Crippen molar-refractivity contribution in [2.75, 3.05) is 18.0 Å². The largest absolute Gasteiger partial charge is 0.371 e. The highest BCUT2D eigenvalue weighted by Crippen LogP contribution is 2.37. The standard InChI is InChI=1S/C15H21N/c1-2-8-15(9-3-1)16-11-10-13-6-4-5-7-14(13)12-16/h1-3,8-9,13-14H,4-7,10-12H2. The summed E-state index contributed by atoms with van der Waals surface area (Å²) in [5.74, 6) is 2.01. The van der Waals surface area contributed by atoms with Crippen molar-refractivity contribution < 1.29 is 0 Å². The minimum absolute atomic E-state index is 0.975. The topological polar surface area (TPSA) is 3.24 Å². The first kappa shape index (κ1) is 10.2. The van der Waals surface area contributed by atoms with Crippen LogP contribution in [0.5, 0.6) is 0 Å². The maximum absolute atomic E-state index is 2.59. The lowest BCUT2D eigenvalue weighted by molar-refractivity contribution is 0.202. The minimum Gasteiger partial charge on any atom is -0.371 e. The Morgan fingerprint density at radius 3 is 2.44 bits per heavy atom. The van der Waals surface area contributed by atoms with E-state index in [0.717, 1.165) is 11.8 Å². The van der Waals surface area contributed by atoms with Crippen molar-refractivity contribution in [3.63, 3.8) is 0 Å². The van der Waals surface area contributed by atoms with Crippen LogP contribution in [0.3, 0.4) is 0 Å². The van der Waals surface area contributed by atoms with E-state index < -0.39 is 0 Å². The Hall–Kier alpha value is -0.980. The van der Waals surface area contributed by atoms with E-state index in [-0.39, 0.29) is 0 Å². The zero-order valence-electron chi connectivity index (χ0n) is 9.94. The number of hydrogen-bond acceptors (Lipinski definition) is 1. The highest BCUT2D eigenvalue weighted by Gasteiger charge is 2.30. The monoisotopic (exact) mass is 215 g/mol. The maximum Gasteiger partial charge on any atom is 0.0366 e. The predicted octanol–water partition coefficient (Wildman–Crippen LogP) is 3.70. The highest BCUT2D eigenvalue weighted by atomic mass is 15.1. The van der Waals surface area contributed by atoms with Gasteiger partial charge in [-0.2, -0.15) is 0 Å². The molecule has 1 aromatic rings. The quantitative estimate of drug-likeness (QED) is 0.690. The molecule has 0 amide bonds. The molecule has 1 aliphatic carbocycles. The molecule has 2 fully saturated rings. The molecule has 1 saturated heterocycles. The van der Waals surface area contributed by atoms with Crippen molar-refractivity contribution in [1.29, 1.82) is 0 Å². The molecule has 2 unspecified atom stereocenters. The normalized spacial score (nSPS) is 29.9. The van der Waals surface area contributed by atoms with E-state index in [1.807, 2.05) is 0 Å². The zero-order valence-corrected chi connectivity index (χ0v) is 9.94. The Labute approximate surface area is 98.5 Å². The first-order valence-electron chi connectivity index (χ1n) is 6.73. The molecular weight excluding hydrogens is 194 g/mol. The van der Waals surface area contributed by atoms with Gasteiger partial charge in [-0.3, -0.25) is 0 Å². The number of anilines is 1. The molecule has 1 heterocycles. The lowest BCUT2D eigenvalue weighted by Gasteiger charge is -2.42. The molecule has 0 aromatic heterocycles. The van der Waals surface area contributed by atoms with Gasteiger partial charge in [0.1, 0.15) is 0 Å². The van der Waals surface area contributed by atoms with Gasteiger partial charge in [0, 0.05) is 18.8 Å². The van der Waals surface area contributed by atoms with Crippen LogP contribution in [-0.2, 0) is 0 Å². The second kappa shape index (κ2) is 4.48. The number of hydrogen-bond donors (Lipinski definition) is 0. The van der Waals surface area contributed by atoms with E-state index in [9.17, 15) is 0 Å². The molecule has 0 radical (unpaired) electrons. The van der Waals surface area contributed by atoms with Crippen LogP contribution in [0.4, 0.5) is 5.69 Å². The lowest BCUT2D eigenvalue weighted by atomic mass is 9.75. The Morgan fingerprint density at radius 2 is 1.62 bits per heavy atom. The molecule has 3 rings (SSSR count). The number of nitrogens with zero attached hydrogens (tertiary/aromatic N) is 1. The smallest absolute Gasteiger partial charge is 0.0366 e. The summed E-state index contributed by atoms with van der Waals surface area (Å²) in [5, 5.41) is 0. The number of rotatable bonds is 1. The SMILES string of the molecule is c1ccc(N2CCC3CCCCC3C2)cc1. The van der Waals surface area contributed by atoms with Crippen LogP contribution in [0, 0.1) is 11.8 Å². The third-order valence-corrected chi connectivity index (χ3v) is 4.41. The van der Waals surface area contributed by atoms with Crippen LogP contribution < -0.4 is 4.90 Å². The Kier molecular flexibility index (Phi) is 2.86. The highest BCUT2D eigenvalue weighted by molar-refractivity contribution is 5.46. The summed E-state index contributed by atoms with van der Waals surface area (Å²) in [7, 11) is 0. The van der Waals surface area contributed by atoms with Gasteiger partial charge in [0.2, 0.25) is 0 Å². The Balaban J connectivity index is 1.71. The molecule has 0 N–H and O–H groups in total. The van der Waals surface area contributed by atoms with Crippen molar-refractivity contribution >= 4 is 5.69 Å². The number of fused-ring (bicyclic) bond motifs is 1. The van der Waals surface area contributed by atoms with Gasteiger partial charge in [-0.25, -0.2) is 0 Å². The van der Waals surface area contributed by atoms with Gasteiger partial charge >= 0.3 is 0 Å². The number of para-hydroxylation sites is 1. The molecule has 0 spiro atoms. The molecule has 1 aromatic carbocycles. The van der Waals surface area contributed by atoms with Gasteiger partial charge in [0.05, 0.1) is 0 Å². The van der Waals surface area contributed by atoms with E-state index in [0.29, 0.717) is 0 Å². The van der Waals surface area contributed by atoms with Gasteiger partial charge in [-0.1, -0.05) is 37.5 Å². The Morgan fingerprint density at radius 1 is 0.875 bits per heavy atom. The molecular formula is C15H21N. The van der Waals surface area contributed by atoms with E-state index in [2.05, 4.69) is 35.2 Å². The van der Waals surface area contributed by atoms with Crippen LogP contribution in [0.25, 0.3) is 0 Å². The first-order chi connectivity index (χ1) is 7.93. The third kappa shape index (κ3) is 1.95. The molecule has 86 valence electrons. The summed E-state index contributed by atoms with van der Waals surface area (Å²) in [6.45, 7) is 2.57. The van der Waals surface area contributed by atoms with Gasteiger partial charge in [-0.05, 0) is 36.8 Å². The fraction of sp³-hybridized carbons (Fsp3) is 0.600. The average molecular weight is 215 g/mol. The van der Waals surface area contributed by atoms with E-state index in [1.54, 1.807) is 0 Å². The predicted molar refractivity (Wildman–Crippen MR) is 68.7 cm³/mol.